The Morgan fingerprint density at radius 1 is 1.40 bits per heavy atom. The van der Waals surface area contributed by atoms with Gasteiger partial charge in [0.1, 0.15) is 10.7 Å². The van der Waals surface area contributed by atoms with Gasteiger partial charge in [0.25, 0.3) is 0 Å². The van der Waals surface area contributed by atoms with Gasteiger partial charge in [0, 0.05) is 13.7 Å². The van der Waals surface area contributed by atoms with Crippen LogP contribution < -0.4 is 0 Å². The van der Waals surface area contributed by atoms with E-state index >= 15 is 0 Å². The lowest BCUT2D eigenvalue weighted by atomic mass is 10.4. The fraction of sp³-hybridized carbons (Fsp3) is 0.615. The molecule has 0 aliphatic carbocycles. The number of rotatable bonds is 6. The molecule has 138 valence electrons. The van der Waals surface area contributed by atoms with Crippen molar-refractivity contribution in [3.8, 4) is 0 Å². The fourth-order valence-corrected chi connectivity index (χ4v) is 3.66. The molecule has 25 heavy (non-hydrogen) atoms. The van der Waals surface area contributed by atoms with Crippen LogP contribution in [0.15, 0.2) is 0 Å². The molecule has 1 amide bonds. The molecule has 3 heterocycles. The van der Waals surface area contributed by atoms with Crippen molar-refractivity contribution in [1.29, 1.82) is 0 Å². The number of carbonyl (C=O) groups is 1. The van der Waals surface area contributed by atoms with Gasteiger partial charge >= 0.3 is 6.18 Å². The Labute approximate surface area is 149 Å². The van der Waals surface area contributed by atoms with E-state index in [1.165, 1.54) is 25.7 Å². The van der Waals surface area contributed by atoms with E-state index < -0.39 is 12.6 Å². The van der Waals surface area contributed by atoms with Crippen molar-refractivity contribution >= 4 is 33.8 Å². The van der Waals surface area contributed by atoms with Gasteiger partial charge in [-0.2, -0.15) is 22.8 Å². The van der Waals surface area contributed by atoms with Crippen molar-refractivity contribution in [3.63, 3.8) is 0 Å². The molecule has 3 rings (SSSR count). The van der Waals surface area contributed by atoms with Crippen LogP contribution in [0.25, 0.3) is 4.96 Å². The summed E-state index contributed by atoms with van der Waals surface area (Å²) in [4.78, 5) is 19.8. The number of aromatic nitrogens is 3. The van der Waals surface area contributed by atoms with Crippen LogP contribution in [0.1, 0.15) is 17.1 Å². The zero-order chi connectivity index (χ0) is 18.2. The van der Waals surface area contributed by atoms with E-state index in [0.717, 1.165) is 0 Å². The van der Waals surface area contributed by atoms with E-state index in [2.05, 4.69) is 10.1 Å². The van der Waals surface area contributed by atoms with Crippen LogP contribution in [0.5, 0.6) is 0 Å². The van der Waals surface area contributed by atoms with E-state index in [4.69, 9.17) is 16.3 Å². The van der Waals surface area contributed by atoms with Gasteiger partial charge in [-0.1, -0.05) is 22.9 Å². The molecular formula is C13H15ClF3N5O2S. The van der Waals surface area contributed by atoms with Gasteiger partial charge in [0.2, 0.25) is 10.9 Å². The Morgan fingerprint density at radius 3 is 2.80 bits per heavy atom. The Kier molecular flexibility index (Phi) is 5.19. The van der Waals surface area contributed by atoms with Crippen LogP contribution in [-0.4, -0.2) is 63.3 Å². The normalized spacial score (nSPS) is 16.5. The molecule has 0 spiro atoms. The lowest BCUT2D eigenvalue weighted by Crippen LogP contribution is -2.29. The van der Waals surface area contributed by atoms with Crippen molar-refractivity contribution in [1.82, 2.24) is 24.4 Å². The second-order valence-electron chi connectivity index (χ2n) is 5.62. The molecule has 0 atom stereocenters. The van der Waals surface area contributed by atoms with Crippen molar-refractivity contribution in [2.24, 2.45) is 0 Å². The fourth-order valence-electron chi connectivity index (χ4n) is 2.50. The van der Waals surface area contributed by atoms with Gasteiger partial charge in [0.05, 0.1) is 32.8 Å². The molecule has 0 radical (unpaired) electrons. The summed E-state index contributed by atoms with van der Waals surface area (Å²) in [6.07, 6.45) is -5.18. The second-order valence-corrected chi connectivity index (χ2v) is 7.02. The molecule has 0 bridgehead atoms. The third-order valence-corrected chi connectivity index (χ3v) is 4.92. The first-order valence-electron chi connectivity index (χ1n) is 7.35. The average molecular weight is 398 g/mol. The zero-order valence-electron chi connectivity index (χ0n) is 13.2. The molecule has 1 saturated heterocycles. The number of halogens is 4. The number of alkyl halides is 3. The molecule has 1 fully saturated rings. The maximum Gasteiger partial charge on any atom is 0.390 e. The number of methoxy groups -OCH3 is 1. The van der Waals surface area contributed by atoms with Crippen molar-refractivity contribution < 1.29 is 22.7 Å². The van der Waals surface area contributed by atoms with Crippen LogP contribution in [0.3, 0.4) is 0 Å². The number of hydrogen-bond donors (Lipinski definition) is 0. The SMILES string of the molecule is COCc1nn2c(Cl)c(CN3CN(CCC(F)(F)F)CC3=O)nc2s1. The highest BCUT2D eigenvalue weighted by atomic mass is 35.5. The summed E-state index contributed by atoms with van der Waals surface area (Å²) in [6, 6.07) is 0. The summed E-state index contributed by atoms with van der Waals surface area (Å²) in [7, 11) is 1.56. The standard InChI is InChI=1S/C13H15ClF3N5O2S/c1-24-6-9-19-22-11(14)8(18-12(22)25-9)4-21-7-20(5-10(21)23)3-2-13(15,16)17/h2-7H2,1H3. The highest BCUT2D eigenvalue weighted by Crippen LogP contribution is 2.26. The zero-order valence-corrected chi connectivity index (χ0v) is 14.8. The summed E-state index contributed by atoms with van der Waals surface area (Å²) in [5.41, 5.74) is 0.468. The van der Waals surface area contributed by atoms with Gasteiger partial charge in [-0.05, 0) is 0 Å². The second kappa shape index (κ2) is 7.06. The number of imidazole rings is 1. The molecule has 1 aliphatic heterocycles. The van der Waals surface area contributed by atoms with E-state index in [0.29, 0.717) is 22.3 Å². The van der Waals surface area contributed by atoms with Crippen LogP contribution in [-0.2, 0) is 22.7 Å². The molecule has 0 aromatic carbocycles. The summed E-state index contributed by atoms with van der Waals surface area (Å²) in [5.74, 6) is -0.248. The Morgan fingerprint density at radius 2 is 2.16 bits per heavy atom. The van der Waals surface area contributed by atoms with E-state index in [-0.39, 0.29) is 37.4 Å². The first kappa shape index (κ1) is 18.4. The Bertz CT molecular complexity index is 778. The van der Waals surface area contributed by atoms with E-state index in [1.54, 1.807) is 7.11 Å². The lowest BCUT2D eigenvalue weighted by Gasteiger charge is -2.17. The molecular weight excluding hydrogens is 383 g/mol. The number of hydrogen-bond acceptors (Lipinski definition) is 6. The third kappa shape index (κ3) is 4.22. The Balaban J connectivity index is 1.66. The van der Waals surface area contributed by atoms with Crippen molar-refractivity contribution in [2.75, 3.05) is 26.9 Å². The highest BCUT2D eigenvalue weighted by Gasteiger charge is 2.33. The first-order valence-corrected chi connectivity index (χ1v) is 8.55. The third-order valence-electron chi connectivity index (χ3n) is 3.66. The monoisotopic (exact) mass is 397 g/mol. The summed E-state index contributed by atoms with van der Waals surface area (Å²) >= 11 is 7.58. The van der Waals surface area contributed by atoms with Crippen LogP contribution in [0.2, 0.25) is 5.15 Å². The molecule has 0 unspecified atom stereocenters. The van der Waals surface area contributed by atoms with Gasteiger partial charge < -0.3 is 9.64 Å². The van der Waals surface area contributed by atoms with Gasteiger partial charge in [-0.15, -0.1) is 0 Å². The number of ether oxygens (including phenoxy) is 1. The Hall–Kier alpha value is -1.43. The molecule has 1 aliphatic rings. The predicted molar refractivity (Wildman–Crippen MR) is 84.2 cm³/mol. The largest absolute Gasteiger partial charge is 0.390 e. The van der Waals surface area contributed by atoms with Crippen molar-refractivity contribution in [2.45, 2.75) is 25.7 Å². The molecule has 0 N–H and O–H groups in total. The maximum atomic E-state index is 12.3. The highest BCUT2D eigenvalue weighted by molar-refractivity contribution is 7.16. The van der Waals surface area contributed by atoms with Gasteiger partial charge in [0.15, 0.2) is 5.15 Å². The minimum absolute atomic E-state index is 0.0356. The lowest BCUT2D eigenvalue weighted by molar-refractivity contribution is -0.138. The van der Waals surface area contributed by atoms with E-state index in [9.17, 15) is 18.0 Å². The van der Waals surface area contributed by atoms with Gasteiger partial charge in [-0.3, -0.25) is 9.69 Å². The number of fused-ring (bicyclic) bond motifs is 1. The minimum Gasteiger partial charge on any atom is -0.377 e. The molecule has 0 saturated carbocycles. The number of nitrogens with zero attached hydrogens (tertiary/aromatic N) is 5. The van der Waals surface area contributed by atoms with E-state index in [1.807, 2.05) is 0 Å². The molecule has 2 aromatic rings. The minimum atomic E-state index is -4.24. The van der Waals surface area contributed by atoms with Crippen LogP contribution in [0, 0.1) is 0 Å². The number of amides is 1. The molecule has 12 heteroatoms. The summed E-state index contributed by atoms with van der Waals surface area (Å²) in [5, 5.41) is 5.27. The topological polar surface area (TPSA) is 63.0 Å². The summed E-state index contributed by atoms with van der Waals surface area (Å²) in [6.45, 7) is 0.360. The average Bonchev–Trinajstić information content (AvgIpc) is 3.14. The van der Waals surface area contributed by atoms with Crippen molar-refractivity contribution in [3.05, 3.63) is 15.9 Å². The first-order chi connectivity index (χ1) is 11.8. The predicted octanol–water partition coefficient (Wildman–Crippen LogP) is 2.14. The molecule has 7 nitrogen and oxygen atoms in total. The molecule has 2 aromatic heterocycles. The smallest absolute Gasteiger partial charge is 0.377 e. The van der Waals surface area contributed by atoms with Crippen LogP contribution >= 0.6 is 22.9 Å². The quantitative estimate of drug-likeness (QED) is 0.747. The maximum absolute atomic E-state index is 12.3. The summed E-state index contributed by atoms with van der Waals surface area (Å²) < 4.78 is 43.4. The van der Waals surface area contributed by atoms with Gasteiger partial charge in [-0.25, -0.2) is 4.98 Å². The number of carbonyl (C=O) groups excluding carboxylic acids is 1. The van der Waals surface area contributed by atoms with Crippen LogP contribution in [0.4, 0.5) is 13.2 Å².